The summed E-state index contributed by atoms with van der Waals surface area (Å²) in [5.41, 5.74) is 0.429. The van der Waals surface area contributed by atoms with Gasteiger partial charge in [-0.15, -0.1) is 0 Å². The molecule has 0 aliphatic carbocycles. The standard InChI is InChI=1S/C13H17NO7/c15-5-8-9(16)10(17)11(18)12(21-8)14-7-3-1-6(2-4-7)13(19)20/h1-4,8-12,14-18H,5H2,(H,19,20)/p-1/t8-,9+,10+,11+,12-/m0/s1. The first-order valence-electron chi connectivity index (χ1n) is 6.32. The molecule has 1 saturated heterocycles. The first-order chi connectivity index (χ1) is 9.93. The predicted molar refractivity (Wildman–Crippen MR) is 68.2 cm³/mol. The van der Waals surface area contributed by atoms with Crippen LogP contribution < -0.4 is 10.4 Å². The van der Waals surface area contributed by atoms with Crippen molar-refractivity contribution in [2.45, 2.75) is 30.6 Å². The molecular formula is C13H16NO7-. The van der Waals surface area contributed by atoms with Gasteiger partial charge < -0.3 is 40.4 Å². The van der Waals surface area contributed by atoms with Gasteiger partial charge in [-0.2, -0.15) is 0 Å². The van der Waals surface area contributed by atoms with E-state index in [1.54, 1.807) is 0 Å². The van der Waals surface area contributed by atoms with Crippen molar-refractivity contribution in [1.29, 1.82) is 0 Å². The largest absolute Gasteiger partial charge is 0.545 e. The molecule has 5 atom stereocenters. The van der Waals surface area contributed by atoms with Gasteiger partial charge in [0, 0.05) is 5.69 Å². The molecule has 21 heavy (non-hydrogen) atoms. The van der Waals surface area contributed by atoms with Gasteiger partial charge in [-0.05, 0) is 17.7 Å². The number of carboxylic acid groups (broad SMARTS) is 1. The summed E-state index contributed by atoms with van der Waals surface area (Å²) in [5.74, 6) is -1.31. The minimum absolute atomic E-state index is 0.00523. The summed E-state index contributed by atoms with van der Waals surface area (Å²) in [4.78, 5) is 10.6. The number of hydrogen-bond acceptors (Lipinski definition) is 8. The van der Waals surface area contributed by atoms with Crippen LogP contribution in [0.25, 0.3) is 0 Å². The normalized spacial score (nSPS) is 32.7. The molecule has 0 spiro atoms. The molecule has 1 aromatic carbocycles. The van der Waals surface area contributed by atoms with E-state index in [1.807, 2.05) is 0 Å². The second-order valence-corrected chi connectivity index (χ2v) is 4.76. The third-order valence-corrected chi connectivity index (χ3v) is 3.32. The van der Waals surface area contributed by atoms with Gasteiger partial charge in [0.2, 0.25) is 0 Å². The Bertz CT molecular complexity index is 490. The maximum atomic E-state index is 10.6. The molecule has 1 fully saturated rings. The third-order valence-electron chi connectivity index (χ3n) is 3.32. The highest BCUT2D eigenvalue weighted by Crippen LogP contribution is 2.23. The number of aromatic carboxylic acids is 1. The van der Waals surface area contributed by atoms with Gasteiger partial charge in [0.05, 0.1) is 12.6 Å². The monoisotopic (exact) mass is 298 g/mol. The number of nitrogens with one attached hydrogen (secondary N) is 1. The third kappa shape index (κ3) is 3.31. The molecule has 1 heterocycles. The van der Waals surface area contributed by atoms with Gasteiger partial charge in [0.15, 0.2) is 6.23 Å². The van der Waals surface area contributed by atoms with E-state index in [-0.39, 0.29) is 5.56 Å². The summed E-state index contributed by atoms with van der Waals surface area (Å²) < 4.78 is 5.26. The van der Waals surface area contributed by atoms with Crippen molar-refractivity contribution in [3.8, 4) is 0 Å². The molecule has 116 valence electrons. The van der Waals surface area contributed by atoms with Crippen molar-refractivity contribution in [1.82, 2.24) is 0 Å². The van der Waals surface area contributed by atoms with Crippen LogP contribution >= 0.6 is 0 Å². The summed E-state index contributed by atoms with van der Waals surface area (Å²) in [6.07, 6.45) is -6.39. The molecule has 1 aromatic rings. The molecule has 0 bridgehead atoms. The number of hydrogen-bond donors (Lipinski definition) is 5. The number of ether oxygens (including phenoxy) is 1. The zero-order chi connectivity index (χ0) is 15.6. The van der Waals surface area contributed by atoms with E-state index in [1.165, 1.54) is 24.3 Å². The van der Waals surface area contributed by atoms with Gasteiger partial charge in [-0.1, -0.05) is 12.1 Å². The van der Waals surface area contributed by atoms with Crippen LogP contribution in [0.15, 0.2) is 24.3 Å². The van der Waals surface area contributed by atoms with Crippen molar-refractivity contribution < 1.29 is 35.1 Å². The topological polar surface area (TPSA) is 142 Å². The summed E-state index contributed by atoms with van der Waals surface area (Å²) in [7, 11) is 0. The van der Waals surface area contributed by atoms with Crippen LogP contribution in [0.1, 0.15) is 10.4 Å². The Hall–Kier alpha value is -1.71. The van der Waals surface area contributed by atoms with Gasteiger partial charge in [0.1, 0.15) is 24.4 Å². The molecule has 1 aliphatic heterocycles. The lowest BCUT2D eigenvalue weighted by Gasteiger charge is -2.40. The number of carbonyl (C=O) groups is 1. The molecule has 2 rings (SSSR count). The van der Waals surface area contributed by atoms with Gasteiger partial charge >= 0.3 is 0 Å². The summed E-state index contributed by atoms with van der Waals surface area (Å²) in [5, 5.41) is 51.6. The summed E-state index contributed by atoms with van der Waals surface area (Å²) in [6, 6.07) is 5.49. The van der Waals surface area contributed by atoms with Crippen LogP contribution in [-0.4, -0.2) is 63.6 Å². The van der Waals surface area contributed by atoms with Crippen molar-refractivity contribution in [2.75, 3.05) is 11.9 Å². The minimum Gasteiger partial charge on any atom is -0.545 e. The quantitative estimate of drug-likeness (QED) is 0.403. The lowest BCUT2D eigenvalue weighted by Crippen LogP contribution is -2.60. The number of rotatable bonds is 4. The second kappa shape index (κ2) is 6.37. The van der Waals surface area contributed by atoms with E-state index >= 15 is 0 Å². The highest BCUT2D eigenvalue weighted by molar-refractivity contribution is 5.86. The second-order valence-electron chi connectivity index (χ2n) is 4.76. The van der Waals surface area contributed by atoms with Crippen molar-refractivity contribution in [3.63, 3.8) is 0 Å². The number of carboxylic acids is 1. The minimum atomic E-state index is -1.48. The number of carbonyl (C=O) groups excluding carboxylic acids is 1. The lowest BCUT2D eigenvalue weighted by atomic mass is 9.98. The average Bonchev–Trinajstić information content (AvgIpc) is 2.48. The van der Waals surface area contributed by atoms with E-state index in [9.17, 15) is 25.2 Å². The molecular weight excluding hydrogens is 282 g/mol. The van der Waals surface area contributed by atoms with Crippen molar-refractivity contribution >= 4 is 11.7 Å². The maximum Gasteiger partial charge on any atom is 0.157 e. The van der Waals surface area contributed by atoms with E-state index in [2.05, 4.69) is 5.32 Å². The van der Waals surface area contributed by atoms with Crippen LogP contribution in [0.3, 0.4) is 0 Å². The summed E-state index contributed by atoms with van der Waals surface area (Å²) >= 11 is 0. The highest BCUT2D eigenvalue weighted by atomic mass is 16.6. The van der Waals surface area contributed by atoms with Crippen LogP contribution in [0, 0.1) is 0 Å². The Kier molecular flexibility index (Phi) is 4.76. The van der Waals surface area contributed by atoms with Crippen LogP contribution in [0.2, 0.25) is 0 Å². The van der Waals surface area contributed by atoms with E-state index in [4.69, 9.17) is 9.84 Å². The molecule has 1 aliphatic rings. The van der Waals surface area contributed by atoms with Crippen LogP contribution in [0.4, 0.5) is 5.69 Å². The van der Waals surface area contributed by atoms with Gasteiger partial charge in [-0.3, -0.25) is 0 Å². The van der Waals surface area contributed by atoms with E-state index < -0.39 is 43.2 Å². The smallest absolute Gasteiger partial charge is 0.157 e. The summed E-state index contributed by atoms with van der Waals surface area (Å²) in [6.45, 7) is -0.521. The van der Waals surface area contributed by atoms with Crippen LogP contribution in [0.5, 0.6) is 0 Å². The molecule has 0 aromatic heterocycles. The number of anilines is 1. The molecule has 5 N–H and O–H groups in total. The zero-order valence-electron chi connectivity index (χ0n) is 10.9. The average molecular weight is 298 g/mol. The Labute approximate surface area is 120 Å². The van der Waals surface area contributed by atoms with Gasteiger partial charge in [0.25, 0.3) is 0 Å². The molecule has 8 nitrogen and oxygen atoms in total. The van der Waals surface area contributed by atoms with E-state index in [0.717, 1.165) is 0 Å². The predicted octanol–water partition coefficient (Wildman–Crippen LogP) is -2.74. The SMILES string of the molecule is O=C([O-])c1ccc(N[C@H]2O[C@@H](CO)[C@@H](O)[C@@H](O)[C@H]2O)cc1. The van der Waals surface area contributed by atoms with Gasteiger partial charge in [-0.25, -0.2) is 0 Å². The first kappa shape index (κ1) is 15.7. The number of aliphatic hydroxyl groups excluding tert-OH is 4. The van der Waals surface area contributed by atoms with Crippen molar-refractivity contribution in [2.24, 2.45) is 0 Å². The van der Waals surface area contributed by atoms with Crippen LogP contribution in [-0.2, 0) is 4.74 Å². The van der Waals surface area contributed by atoms with Crippen molar-refractivity contribution in [3.05, 3.63) is 29.8 Å². The lowest BCUT2D eigenvalue weighted by molar-refractivity contribution is -0.255. The molecule has 8 heteroatoms. The Balaban J connectivity index is 2.08. The zero-order valence-corrected chi connectivity index (χ0v) is 10.9. The Morgan fingerprint density at radius 3 is 2.29 bits per heavy atom. The fourth-order valence-electron chi connectivity index (χ4n) is 2.09. The fourth-order valence-corrected chi connectivity index (χ4v) is 2.09. The fraction of sp³-hybridized carbons (Fsp3) is 0.462. The van der Waals surface area contributed by atoms with E-state index in [0.29, 0.717) is 5.69 Å². The Morgan fingerprint density at radius 2 is 1.76 bits per heavy atom. The number of benzene rings is 1. The highest BCUT2D eigenvalue weighted by Gasteiger charge is 2.43. The molecule has 0 unspecified atom stereocenters. The molecule has 0 amide bonds. The first-order valence-corrected chi connectivity index (χ1v) is 6.32. The maximum absolute atomic E-state index is 10.6. The molecule has 0 saturated carbocycles. The Morgan fingerprint density at radius 1 is 1.14 bits per heavy atom. The molecule has 0 radical (unpaired) electrons. The number of aliphatic hydroxyl groups is 4.